The van der Waals surface area contributed by atoms with E-state index in [-0.39, 0.29) is 18.6 Å². The highest BCUT2D eigenvalue weighted by Crippen LogP contribution is 2.37. The Hall–Kier alpha value is -0.860. The van der Waals surface area contributed by atoms with Crippen LogP contribution >= 0.6 is 0 Å². The van der Waals surface area contributed by atoms with E-state index < -0.39 is 0 Å². The molecule has 0 radical (unpaired) electrons. The van der Waals surface area contributed by atoms with E-state index in [0.29, 0.717) is 6.61 Å². The van der Waals surface area contributed by atoms with E-state index in [9.17, 15) is 5.11 Å². The lowest BCUT2D eigenvalue weighted by atomic mass is 9.92. The zero-order valence-corrected chi connectivity index (χ0v) is 9.15. The van der Waals surface area contributed by atoms with Gasteiger partial charge in [0, 0.05) is 12.5 Å². The van der Waals surface area contributed by atoms with Gasteiger partial charge in [-0.3, -0.25) is 0 Å². The highest BCUT2D eigenvalue weighted by atomic mass is 16.5. The maximum absolute atomic E-state index is 9.36. The van der Waals surface area contributed by atoms with Crippen LogP contribution in [0.4, 0.5) is 0 Å². The van der Waals surface area contributed by atoms with E-state index in [1.165, 1.54) is 11.1 Å². The molecule has 0 unspecified atom stereocenters. The Labute approximate surface area is 90.9 Å². The molecular weight excluding hydrogens is 188 g/mol. The van der Waals surface area contributed by atoms with Crippen molar-refractivity contribution in [2.24, 2.45) is 5.92 Å². The van der Waals surface area contributed by atoms with Crippen LogP contribution in [-0.4, -0.2) is 11.7 Å². The molecule has 2 nitrogen and oxygen atoms in total. The molecule has 1 aliphatic heterocycles. The summed E-state index contributed by atoms with van der Waals surface area (Å²) in [5, 5.41) is 9.36. The fraction of sp³-hybridized carbons (Fsp3) is 0.538. The first kappa shape index (κ1) is 10.7. The Morgan fingerprint density at radius 2 is 2.27 bits per heavy atom. The first-order chi connectivity index (χ1) is 7.36. The van der Waals surface area contributed by atoms with Gasteiger partial charge < -0.3 is 9.84 Å². The van der Waals surface area contributed by atoms with Crippen LogP contribution in [0.5, 0.6) is 0 Å². The summed E-state index contributed by atoms with van der Waals surface area (Å²) in [7, 11) is 0. The molecule has 0 saturated carbocycles. The molecule has 15 heavy (non-hydrogen) atoms. The van der Waals surface area contributed by atoms with Crippen molar-refractivity contribution in [2.75, 3.05) is 6.61 Å². The minimum Gasteiger partial charge on any atom is -0.396 e. The third-order valence-corrected chi connectivity index (χ3v) is 3.10. The van der Waals surface area contributed by atoms with Gasteiger partial charge >= 0.3 is 0 Å². The van der Waals surface area contributed by atoms with Crippen molar-refractivity contribution in [2.45, 2.75) is 32.5 Å². The van der Waals surface area contributed by atoms with Crippen molar-refractivity contribution in [3.05, 3.63) is 35.4 Å². The first-order valence-electron chi connectivity index (χ1n) is 5.67. The molecule has 1 aromatic carbocycles. The predicted octanol–water partition coefficient (Wildman–Crippen LogP) is 2.67. The summed E-state index contributed by atoms with van der Waals surface area (Å²) >= 11 is 0. The molecule has 0 aliphatic carbocycles. The molecule has 0 fully saturated rings. The zero-order valence-electron chi connectivity index (χ0n) is 9.15. The number of ether oxygens (including phenoxy) is 1. The fourth-order valence-electron chi connectivity index (χ4n) is 2.31. The van der Waals surface area contributed by atoms with Crippen LogP contribution in [0.3, 0.4) is 0 Å². The minimum atomic E-state index is 0.103. The average Bonchev–Trinajstić information content (AvgIpc) is 2.70. The average molecular weight is 206 g/mol. The van der Waals surface area contributed by atoms with Crippen LogP contribution < -0.4 is 0 Å². The summed E-state index contributed by atoms with van der Waals surface area (Å²) in [4.78, 5) is 0. The van der Waals surface area contributed by atoms with Crippen molar-refractivity contribution in [3.8, 4) is 0 Å². The van der Waals surface area contributed by atoms with E-state index in [4.69, 9.17) is 4.74 Å². The second kappa shape index (κ2) is 4.77. The SMILES string of the molecule is CCC[C@@H](CO)[C@H]1OCc2ccccc21. The lowest BCUT2D eigenvalue weighted by Crippen LogP contribution is -2.16. The van der Waals surface area contributed by atoms with Crippen LogP contribution in [0.1, 0.15) is 37.0 Å². The van der Waals surface area contributed by atoms with Crippen LogP contribution in [0.15, 0.2) is 24.3 Å². The Morgan fingerprint density at radius 1 is 1.47 bits per heavy atom. The first-order valence-corrected chi connectivity index (χ1v) is 5.67. The summed E-state index contributed by atoms with van der Waals surface area (Å²) in [5.41, 5.74) is 2.54. The maximum Gasteiger partial charge on any atom is 0.0883 e. The third kappa shape index (κ3) is 2.06. The molecule has 0 spiro atoms. The van der Waals surface area contributed by atoms with E-state index in [1.807, 2.05) is 12.1 Å². The van der Waals surface area contributed by atoms with Gasteiger partial charge in [0.25, 0.3) is 0 Å². The third-order valence-electron chi connectivity index (χ3n) is 3.10. The second-order valence-electron chi connectivity index (χ2n) is 4.16. The number of aliphatic hydroxyl groups excluding tert-OH is 1. The Kier molecular flexibility index (Phi) is 3.39. The van der Waals surface area contributed by atoms with Gasteiger partial charge in [-0.05, 0) is 17.5 Å². The Bertz CT molecular complexity index is 322. The molecule has 1 heterocycles. The molecule has 1 N–H and O–H groups in total. The lowest BCUT2D eigenvalue weighted by molar-refractivity contribution is -0.000492. The molecule has 2 rings (SSSR count). The van der Waals surface area contributed by atoms with Gasteiger partial charge in [0.2, 0.25) is 0 Å². The van der Waals surface area contributed by atoms with Crippen LogP contribution in [-0.2, 0) is 11.3 Å². The van der Waals surface area contributed by atoms with E-state index in [0.717, 1.165) is 12.8 Å². The molecule has 82 valence electrons. The monoisotopic (exact) mass is 206 g/mol. The van der Waals surface area contributed by atoms with Gasteiger partial charge in [0.05, 0.1) is 12.7 Å². The quantitative estimate of drug-likeness (QED) is 0.820. The van der Waals surface area contributed by atoms with Gasteiger partial charge in [0.15, 0.2) is 0 Å². The van der Waals surface area contributed by atoms with Gasteiger partial charge in [-0.15, -0.1) is 0 Å². The molecule has 0 bridgehead atoms. The molecule has 2 heteroatoms. The largest absolute Gasteiger partial charge is 0.396 e. The smallest absolute Gasteiger partial charge is 0.0883 e. The summed E-state index contributed by atoms with van der Waals surface area (Å²) in [6, 6.07) is 8.31. The molecular formula is C13H18O2. The summed E-state index contributed by atoms with van der Waals surface area (Å²) in [6.07, 6.45) is 2.22. The molecule has 0 amide bonds. The number of fused-ring (bicyclic) bond motifs is 1. The molecule has 0 saturated heterocycles. The predicted molar refractivity (Wildman–Crippen MR) is 59.5 cm³/mol. The van der Waals surface area contributed by atoms with Crippen LogP contribution in [0.25, 0.3) is 0 Å². The number of hydrogen-bond donors (Lipinski definition) is 1. The summed E-state index contributed by atoms with van der Waals surface area (Å²) < 4.78 is 5.77. The molecule has 2 atom stereocenters. The van der Waals surface area contributed by atoms with Crippen LogP contribution in [0, 0.1) is 5.92 Å². The van der Waals surface area contributed by atoms with E-state index in [2.05, 4.69) is 19.1 Å². The topological polar surface area (TPSA) is 29.5 Å². The standard InChI is InChI=1S/C13H18O2/c1-2-5-10(8-14)13-12-7-4-3-6-11(12)9-15-13/h3-4,6-7,10,13-14H,2,5,8-9H2,1H3/t10-,13+/m0/s1. The second-order valence-corrected chi connectivity index (χ2v) is 4.16. The minimum absolute atomic E-state index is 0.103. The fourth-order valence-corrected chi connectivity index (χ4v) is 2.31. The van der Waals surface area contributed by atoms with Gasteiger partial charge in [-0.1, -0.05) is 37.6 Å². The van der Waals surface area contributed by atoms with Gasteiger partial charge in [-0.2, -0.15) is 0 Å². The highest BCUT2D eigenvalue weighted by Gasteiger charge is 2.29. The molecule has 1 aromatic rings. The van der Waals surface area contributed by atoms with Crippen LogP contribution in [0.2, 0.25) is 0 Å². The maximum atomic E-state index is 9.36. The van der Waals surface area contributed by atoms with Crippen molar-refractivity contribution in [3.63, 3.8) is 0 Å². The number of aliphatic hydroxyl groups is 1. The Balaban J connectivity index is 2.18. The normalized spacial score (nSPS) is 21.3. The lowest BCUT2D eigenvalue weighted by Gasteiger charge is -2.21. The zero-order chi connectivity index (χ0) is 10.7. The highest BCUT2D eigenvalue weighted by molar-refractivity contribution is 5.31. The Morgan fingerprint density at radius 3 is 3.00 bits per heavy atom. The van der Waals surface area contributed by atoms with Crippen molar-refractivity contribution < 1.29 is 9.84 Å². The van der Waals surface area contributed by atoms with Crippen molar-refractivity contribution >= 4 is 0 Å². The summed E-state index contributed by atoms with van der Waals surface area (Å²) in [6.45, 7) is 3.05. The van der Waals surface area contributed by atoms with Gasteiger partial charge in [0.1, 0.15) is 0 Å². The van der Waals surface area contributed by atoms with E-state index in [1.54, 1.807) is 0 Å². The van der Waals surface area contributed by atoms with Crippen molar-refractivity contribution in [1.29, 1.82) is 0 Å². The number of benzene rings is 1. The number of rotatable bonds is 4. The molecule has 1 aliphatic rings. The summed E-state index contributed by atoms with van der Waals surface area (Å²) in [5.74, 6) is 0.249. The van der Waals surface area contributed by atoms with E-state index >= 15 is 0 Å². The van der Waals surface area contributed by atoms with Crippen molar-refractivity contribution in [1.82, 2.24) is 0 Å². The number of hydrogen-bond acceptors (Lipinski definition) is 2. The molecule has 0 aromatic heterocycles. The van der Waals surface area contributed by atoms with Gasteiger partial charge in [-0.25, -0.2) is 0 Å².